The van der Waals surface area contributed by atoms with Crippen molar-refractivity contribution in [1.29, 1.82) is 0 Å². The number of aromatic hydroxyl groups is 1. The van der Waals surface area contributed by atoms with Gasteiger partial charge in [-0.25, -0.2) is 22.0 Å². The summed E-state index contributed by atoms with van der Waals surface area (Å²) in [5.41, 5.74) is 23.2. The summed E-state index contributed by atoms with van der Waals surface area (Å²) in [6.07, 6.45) is 0. The minimum absolute atomic E-state index is 0.0273. The molecule has 0 unspecified atom stereocenters. The highest BCUT2D eigenvalue weighted by atomic mass is 19.3. The van der Waals surface area contributed by atoms with E-state index in [0.717, 1.165) is 76.5 Å². The minimum Gasteiger partial charge on any atom is -0.507 e. The molecule has 0 aliphatic rings. The van der Waals surface area contributed by atoms with Gasteiger partial charge in [0.2, 0.25) is 0 Å². The Hall–Kier alpha value is -9.73. The number of hydrogen-bond donors (Lipinski definition) is 1. The monoisotopic (exact) mass is 1550 g/mol. The van der Waals surface area contributed by atoms with Gasteiger partial charge in [0.25, 0.3) is 11.8 Å². The van der Waals surface area contributed by atoms with Crippen molar-refractivity contribution >= 4 is 0 Å². The van der Waals surface area contributed by atoms with Gasteiger partial charge < -0.3 is 19.3 Å². The highest BCUT2D eigenvalue weighted by molar-refractivity contribution is 5.72. The van der Waals surface area contributed by atoms with Crippen LogP contribution in [0.4, 0.5) is 22.0 Å². The number of alkyl halides is 4. The minimum atomic E-state index is -2.87. The summed E-state index contributed by atoms with van der Waals surface area (Å²) >= 11 is 0. The first kappa shape index (κ1) is 96.6. The Labute approximate surface area is 684 Å². The standard InChI is InChI=1S/C16H18O.C15H15F.C15H16O.C13H18F2O.C12H16F2.C12H18O.2C11H16/c1-12(2)14-9-10-15(16(11-14)17-3)13-7-5-4-6-8-13;2*1-11(2)13-8-9-14(15(16)10-13)12-6-4-3-5-7-12;1-5-16-12-7-6-10(9(2)3)8-11(12)13(4,14)15;1-8(2)10-5-6-11(9(3)7-10)12(4,13)14;1-5-13-12-7-6-11(9(2)3)8-10(12)4;2*1-8(2)11-6-5-9(3)10(4)7-11/h4-12H,1-3H3;3-11H,1-2H3;3-11,16H,1-2H3;6-9H,5H2,1-4H3;5-8H,1-4H3;6-9H,5H2,1-4H3;2*5-8H,1-4H3. The average Bonchev–Trinajstić information content (AvgIpc) is 0.818. The molecule has 0 aliphatic heterocycles. The van der Waals surface area contributed by atoms with E-state index < -0.39 is 11.8 Å². The second kappa shape index (κ2) is 47.2. The number of rotatable bonds is 18. The van der Waals surface area contributed by atoms with Crippen LogP contribution in [0, 0.1) is 47.4 Å². The van der Waals surface area contributed by atoms with Crippen LogP contribution in [-0.2, 0) is 11.8 Å². The molecule has 0 atom stereocenters. The Kier molecular flexibility index (Phi) is 40.0. The lowest BCUT2D eigenvalue weighted by molar-refractivity contribution is 0.0143. The summed E-state index contributed by atoms with van der Waals surface area (Å²) in [7, 11) is 1.73. The number of phenolic OH excluding ortho intramolecular Hbond substituents is 1. The maximum Gasteiger partial charge on any atom is 0.274 e. The molecule has 0 saturated carbocycles. The van der Waals surface area contributed by atoms with Crippen molar-refractivity contribution in [1.82, 2.24) is 0 Å². The van der Waals surface area contributed by atoms with Crippen LogP contribution in [0.3, 0.4) is 0 Å². The molecular formula is C105H133F5O4. The molecule has 0 aliphatic carbocycles. The van der Waals surface area contributed by atoms with E-state index >= 15 is 0 Å². The molecule has 4 nitrogen and oxygen atoms in total. The van der Waals surface area contributed by atoms with Gasteiger partial charge >= 0.3 is 0 Å². The molecule has 0 aromatic heterocycles. The smallest absolute Gasteiger partial charge is 0.274 e. The Bertz CT molecular complexity index is 4490. The number of ether oxygens (including phenoxy) is 3. The number of phenols is 1. The van der Waals surface area contributed by atoms with Crippen LogP contribution in [0.25, 0.3) is 33.4 Å². The highest BCUT2D eigenvalue weighted by Crippen LogP contribution is 2.39. The zero-order valence-corrected chi connectivity index (χ0v) is 73.6. The maximum atomic E-state index is 13.9. The van der Waals surface area contributed by atoms with E-state index in [2.05, 4.69) is 223 Å². The number of hydrogen-bond acceptors (Lipinski definition) is 4. The van der Waals surface area contributed by atoms with Crippen molar-refractivity contribution < 1.29 is 41.3 Å². The summed E-state index contributed by atoms with van der Waals surface area (Å²) in [5, 5.41) is 9.99. The van der Waals surface area contributed by atoms with Gasteiger partial charge in [0.05, 0.1) is 25.9 Å². The van der Waals surface area contributed by atoms with E-state index in [1.165, 1.54) is 67.8 Å². The number of aryl methyl sites for hydroxylation is 6. The second-order valence-corrected chi connectivity index (χ2v) is 32.0. The van der Waals surface area contributed by atoms with E-state index in [1.807, 2.05) is 136 Å². The molecule has 114 heavy (non-hydrogen) atoms. The summed E-state index contributed by atoms with van der Waals surface area (Å²) < 4.78 is 83.0. The lowest BCUT2D eigenvalue weighted by Crippen LogP contribution is -2.11. The summed E-state index contributed by atoms with van der Waals surface area (Å²) in [6.45, 7) is 53.4. The molecule has 11 rings (SSSR count). The van der Waals surface area contributed by atoms with Crippen LogP contribution in [0.2, 0.25) is 0 Å². The van der Waals surface area contributed by atoms with E-state index in [4.69, 9.17) is 14.2 Å². The molecule has 11 aromatic carbocycles. The van der Waals surface area contributed by atoms with Crippen LogP contribution in [0.15, 0.2) is 237 Å². The third-order valence-corrected chi connectivity index (χ3v) is 19.9. The molecule has 0 fully saturated rings. The first-order chi connectivity index (χ1) is 53.6. The topological polar surface area (TPSA) is 47.9 Å². The first-order valence-corrected chi connectivity index (χ1v) is 40.6. The van der Waals surface area contributed by atoms with Gasteiger partial charge in [0.15, 0.2) is 0 Å². The SMILES string of the molecule is CC(C)c1ccc(-c2ccccc2)c(F)c1.CC(C)c1ccc(-c2ccccc2)c(O)c1.CCOc1ccc(C(C)C)cc1C.CCOc1ccc(C(C)C)cc1C(C)(F)F.COc1cc(C(C)C)ccc1-c1ccccc1.Cc1cc(C(C)C)ccc1C(C)(F)F.Cc1ccc(C(C)C)cc1C.Cc1ccc(C(C)C)cc1C. The summed E-state index contributed by atoms with van der Waals surface area (Å²) in [6, 6.07) is 77.7. The Morgan fingerprint density at radius 3 is 0.939 bits per heavy atom. The quantitative estimate of drug-likeness (QED) is 0.0870. The van der Waals surface area contributed by atoms with Crippen molar-refractivity contribution in [2.75, 3.05) is 20.3 Å². The fraction of sp³-hybridized carbons (Fsp3) is 0.371. The van der Waals surface area contributed by atoms with Crippen LogP contribution in [-0.4, -0.2) is 25.4 Å². The van der Waals surface area contributed by atoms with E-state index in [0.29, 0.717) is 64.9 Å². The molecule has 1 N–H and O–H groups in total. The van der Waals surface area contributed by atoms with E-state index in [1.54, 1.807) is 39.2 Å². The molecule has 0 bridgehead atoms. The van der Waals surface area contributed by atoms with Gasteiger partial charge in [0.1, 0.15) is 28.8 Å². The molecule has 0 radical (unpaired) electrons. The van der Waals surface area contributed by atoms with Gasteiger partial charge in [-0.3, -0.25) is 0 Å². The van der Waals surface area contributed by atoms with Gasteiger partial charge in [-0.05, 0) is 234 Å². The third kappa shape index (κ3) is 31.6. The van der Waals surface area contributed by atoms with E-state index in [9.17, 15) is 27.1 Å². The van der Waals surface area contributed by atoms with Crippen molar-refractivity contribution in [3.63, 3.8) is 0 Å². The van der Waals surface area contributed by atoms with Crippen molar-refractivity contribution in [3.05, 3.63) is 331 Å². The molecule has 612 valence electrons. The van der Waals surface area contributed by atoms with Gasteiger partial charge in [-0.2, -0.15) is 0 Å². The normalized spacial score (nSPS) is 11.0. The molecule has 0 saturated heterocycles. The zero-order valence-electron chi connectivity index (χ0n) is 73.6. The molecule has 0 heterocycles. The zero-order chi connectivity index (χ0) is 85.3. The lowest BCUT2D eigenvalue weighted by Gasteiger charge is -2.18. The number of benzene rings is 11. The molecule has 9 heteroatoms. The molecule has 0 amide bonds. The predicted molar refractivity (Wildman–Crippen MR) is 479 cm³/mol. The maximum absolute atomic E-state index is 13.9. The molecule has 11 aromatic rings. The number of methoxy groups -OCH3 is 1. The van der Waals surface area contributed by atoms with Crippen LogP contribution in [0.1, 0.15) is 275 Å². The Morgan fingerprint density at radius 1 is 0.289 bits per heavy atom. The second-order valence-electron chi connectivity index (χ2n) is 32.0. The van der Waals surface area contributed by atoms with Gasteiger partial charge in [-0.15, -0.1) is 0 Å². The van der Waals surface area contributed by atoms with Gasteiger partial charge in [0, 0.05) is 36.1 Å². The Morgan fingerprint density at radius 2 is 0.588 bits per heavy atom. The summed E-state index contributed by atoms with van der Waals surface area (Å²) in [5.74, 6) is 0.671. The molecular weight excluding hydrogens is 1420 g/mol. The van der Waals surface area contributed by atoms with Crippen LogP contribution in [0.5, 0.6) is 23.0 Å². The average molecular weight is 1550 g/mol. The van der Waals surface area contributed by atoms with Crippen molar-refractivity contribution in [3.8, 4) is 56.4 Å². The predicted octanol–water partition coefficient (Wildman–Crippen LogP) is 32.2. The third-order valence-electron chi connectivity index (χ3n) is 19.9. The lowest BCUT2D eigenvalue weighted by atomic mass is 9.96. The van der Waals surface area contributed by atoms with Gasteiger partial charge in [-0.1, -0.05) is 311 Å². The molecule has 0 spiro atoms. The van der Waals surface area contributed by atoms with Crippen molar-refractivity contribution in [2.24, 2.45) is 0 Å². The first-order valence-electron chi connectivity index (χ1n) is 40.6. The van der Waals surface area contributed by atoms with Crippen LogP contribution >= 0.6 is 0 Å². The van der Waals surface area contributed by atoms with E-state index in [-0.39, 0.29) is 28.6 Å². The largest absolute Gasteiger partial charge is 0.507 e. The fourth-order valence-corrected chi connectivity index (χ4v) is 12.1. The van der Waals surface area contributed by atoms with Crippen LogP contribution < -0.4 is 14.2 Å². The fourth-order valence-electron chi connectivity index (χ4n) is 12.1. The highest BCUT2D eigenvalue weighted by Gasteiger charge is 2.30. The van der Waals surface area contributed by atoms with Crippen molar-refractivity contribution in [2.45, 2.75) is 239 Å². The Balaban J connectivity index is 0.000000276. The summed E-state index contributed by atoms with van der Waals surface area (Å²) in [4.78, 5) is 0. The number of halogens is 5.